The van der Waals surface area contributed by atoms with Gasteiger partial charge in [0, 0.05) is 17.0 Å². The summed E-state index contributed by atoms with van der Waals surface area (Å²) in [5, 5.41) is 9.98. The van der Waals surface area contributed by atoms with Gasteiger partial charge in [0.05, 0.1) is 18.5 Å². The van der Waals surface area contributed by atoms with E-state index >= 15 is 0 Å². The van der Waals surface area contributed by atoms with Crippen molar-refractivity contribution in [2.24, 2.45) is 10.3 Å². The Morgan fingerprint density at radius 3 is 2.65 bits per heavy atom. The van der Waals surface area contributed by atoms with Crippen molar-refractivity contribution in [3.05, 3.63) is 82.8 Å². The highest BCUT2D eigenvalue weighted by atomic mass is 32.2. The second-order valence-corrected chi connectivity index (χ2v) is 7.58. The number of ether oxygens (including phenoxy) is 1. The molecule has 3 aromatic rings. The van der Waals surface area contributed by atoms with Crippen LogP contribution in [0, 0.1) is 4.91 Å². The molecule has 0 atom stereocenters. The van der Waals surface area contributed by atoms with Gasteiger partial charge in [0.1, 0.15) is 11.4 Å². The molecule has 31 heavy (non-hydrogen) atoms. The molecule has 1 amide bonds. The number of hydrogen-bond acceptors (Lipinski definition) is 8. The number of carbonyl (C=O) groups excluding carboxylic acids is 1. The van der Waals surface area contributed by atoms with Gasteiger partial charge in [-0.15, -0.1) is 4.91 Å². The van der Waals surface area contributed by atoms with Crippen LogP contribution in [0.15, 0.2) is 81.9 Å². The molecule has 0 aromatic heterocycles. The van der Waals surface area contributed by atoms with E-state index in [2.05, 4.69) is 25.7 Å². The number of nitroso groups, excluding NO2 is 1. The maximum Gasteiger partial charge on any atom is 0.276 e. The summed E-state index contributed by atoms with van der Waals surface area (Å²) in [6.07, 6.45) is 0. The first-order chi connectivity index (χ1) is 15.2. The van der Waals surface area contributed by atoms with E-state index in [0.29, 0.717) is 23.5 Å². The molecule has 4 rings (SSSR count). The summed E-state index contributed by atoms with van der Waals surface area (Å²) in [7, 11) is 1.64. The minimum absolute atomic E-state index is 0.220. The number of fused-ring (bicyclic) bond motifs is 1. The first-order valence-electron chi connectivity index (χ1n) is 9.42. The van der Waals surface area contributed by atoms with Gasteiger partial charge in [0.15, 0.2) is 5.71 Å². The van der Waals surface area contributed by atoms with Crippen LogP contribution in [-0.2, 0) is 11.3 Å². The van der Waals surface area contributed by atoms with E-state index < -0.39 is 0 Å². The Morgan fingerprint density at radius 1 is 1.06 bits per heavy atom. The van der Waals surface area contributed by atoms with Crippen LogP contribution in [0.2, 0.25) is 0 Å². The number of benzene rings is 3. The van der Waals surface area contributed by atoms with Gasteiger partial charge in [0.2, 0.25) is 0 Å². The van der Waals surface area contributed by atoms with Crippen molar-refractivity contribution in [1.82, 2.24) is 4.72 Å². The van der Waals surface area contributed by atoms with E-state index in [1.165, 1.54) is 11.9 Å². The molecule has 9 heteroatoms. The number of nitrogens with one attached hydrogen (secondary N) is 3. The Hall–Kier alpha value is -3.69. The molecule has 0 saturated carbocycles. The van der Waals surface area contributed by atoms with E-state index in [1.807, 2.05) is 42.5 Å². The summed E-state index contributed by atoms with van der Waals surface area (Å²) in [6.45, 7) is 0.668. The molecular weight excluding hydrogens is 414 g/mol. The third-order valence-electron chi connectivity index (χ3n) is 4.63. The molecule has 0 fully saturated rings. The zero-order valence-electron chi connectivity index (χ0n) is 16.6. The SMILES string of the molecule is COc1ccc(CNSc2ccc3c(c2)/C(=N/Nc2ccccc2N=O)C(=O)N3)cc1. The zero-order chi connectivity index (χ0) is 21.6. The van der Waals surface area contributed by atoms with Crippen molar-refractivity contribution in [2.75, 3.05) is 17.9 Å². The predicted molar refractivity (Wildman–Crippen MR) is 123 cm³/mol. The minimum atomic E-state index is -0.313. The molecular formula is C22H19N5O3S. The van der Waals surface area contributed by atoms with Gasteiger partial charge >= 0.3 is 0 Å². The molecule has 3 N–H and O–H groups in total. The minimum Gasteiger partial charge on any atom is -0.497 e. The number of para-hydroxylation sites is 1. The lowest BCUT2D eigenvalue weighted by atomic mass is 10.1. The fraction of sp³-hybridized carbons (Fsp3) is 0.0909. The number of rotatable bonds is 8. The second kappa shape index (κ2) is 9.41. The van der Waals surface area contributed by atoms with Crippen LogP contribution in [0.3, 0.4) is 0 Å². The second-order valence-electron chi connectivity index (χ2n) is 6.61. The lowest BCUT2D eigenvalue weighted by Crippen LogP contribution is -2.15. The van der Waals surface area contributed by atoms with Crippen molar-refractivity contribution >= 4 is 40.6 Å². The summed E-state index contributed by atoms with van der Waals surface area (Å²) in [5.74, 6) is 0.506. The Balaban J connectivity index is 1.46. The van der Waals surface area contributed by atoms with Crippen molar-refractivity contribution in [2.45, 2.75) is 11.4 Å². The molecule has 0 aliphatic carbocycles. The van der Waals surface area contributed by atoms with Crippen LogP contribution in [0.4, 0.5) is 17.1 Å². The first-order valence-corrected chi connectivity index (χ1v) is 10.2. The summed E-state index contributed by atoms with van der Waals surface area (Å²) >= 11 is 1.46. The molecule has 1 heterocycles. The largest absolute Gasteiger partial charge is 0.497 e. The number of nitrogens with zero attached hydrogens (tertiary/aromatic N) is 2. The van der Waals surface area contributed by atoms with E-state index in [9.17, 15) is 9.70 Å². The normalized spacial score (nSPS) is 13.6. The van der Waals surface area contributed by atoms with Crippen molar-refractivity contribution in [3.8, 4) is 5.75 Å². The number of amides is 1. The number of anilines is 2. The zero-order valence-corrected chi connectivity index (χ0v) is 17.4. The molecule has 0 radical (unpaired) electrons. The Kier molecular flexibility index (Phi) is 6.25. The van der Waals surface area contributed by atoms with Crippen LogP contribution in [0.25, 0.3) is 0 Å². The molecule has 0 unspecified atom stereocenters. The van der Waals surface area contributed by atoms with Gasteiger partial charge in [-0.1, -0.05) is 24.3 Å². The molecule has 0 spiro atoms. The molecule has 3 aromatic carbocycles. The van der Waals surface area contributed by atoms with E-state index in [0.717, 1.165) is 16.2 Å². The van der Waals surface area contributed by atoms with Gasteiger partial charge in [-0.25, -0.2) is 0 Å². The summed E-state index contributed by atoms with van der Waals surface area (Å²) in [5.41, 5.74) is 6.16. The molecule has 0 saturated heterocycles. The highest BCUT2D eigenvalue weighted by molar-refractivity contribution is 7.97. The highest BCUT2D eigenvalue weighted by Crippen LogP contribution is 2.29. The summed E-state index contributed by atoms with van der Waals surface area (Å²) in [4.78, 5) is 24.2. The van der Waals surface area contributed by atoms with Crippen molar-refractivity contribution in [3.63, 3.8) is 0 Å². The molecule has 1 aliphatic rings. The monoisotopic (exact) mass is 433 g/mol. The highest BCUT2D eigenvalue weighted by Gasteiger charge is 2.26. The smallest absolute Gasteiger partial charge is 0.276 e. The van der Waals surface area contributed by atoms with Gasteiger partial charge in [-0.05, 0) is 65.2 Å². The molecule has 8 nitrogen and oxygen atoms in total. The topological polar surface area (TPSA) is 104 Å². The molecule has 0 bridgehead atoms. The van der Waals surface area contributed by atoms with Gasteiger partial charge in [-0.3, -0.25) is 14.9 Å². The third-order valence-corrected chi connectivity index (χ3v) is 5.40. The number of methoxy groups -OCH3 is 1. The lowest BCUT2D eigenvalue weighted by Gasteiger charge is -2.07. The van der Waals surface area contributed by atoms with E-state index in [-0.39, 0.29) is 17.3 Å². The van der Waals surface area contributed by atoms with Crippen LogP contribution in [0.1, 0.15) is 11.1 Å². The van der Waals surface area contributed by atoms with Gasteiger partial charge in [-0.2, -0.15) is 5.10 Å². The van der Waals surface area contributed by atoms with Crippen LogP contribution in [-0.4, -0.2) is 18.7 Å². The van der Waals surface area contributed by atoms with E-state index in [4.69, 9.17) is 4.74 Å². The van der Waals surface area contributed by atoms with Gasteiger partial charge in [0.25, 0.3) is 5.91 Å². The molecule has 156 valence electrons. The number of carbonyl (C=O) groups is 1. The average Bonchev–Trinajstić information content (AvgIpc) is 3.12. The Bertz CT molecular complexity index is 1150. The standard InChI is InChI=1S/C22H19N5O3S/c1-30-15-8-6-14(7-9-15)13-23-31-16-10-11-18-17(12-16)21(22(28)24-18)26-25-19-4-2-3-5-20(19)27-29/h2-12,23,25H,13H2,1H3,(H,24,26,28). The van der Waals surface area contributed by atoms with Crippen LogP contribution >= 0.6 is 11.9 Å². The quantitative estimate of drug-likeness (QED) is 0.271. The summed E-state index contributed by atoms with van der Waals surface area (Å²) < 4.78 is 8.48. The van der Waals surface area contributed by atoms with Crippen LogP contribution in [0.5, 0.6) is 5.75 Å². The number of hydrogen-bond donors (Lipinski definition) is 3. The lowest BCUT2D eigenvalue weighted by molar-refractivity contribution is -0.110. The van der Waals surface area contributed by atoms with Crippen molar-refractivity contribution < 1.29 is 9.53 Å². The summed E-state index contributed by atoms with van der Waals surface area (Å²) in [6, 6.07) is 20.2. The average molecular weight is 433 g/mol. The van der Waals surface area contributed by atoms with Gasteiger partial charge < -0.3 is 10.1 Å². The van der Waals surface area contributed by atoms with Crippen molar-refractivity contribution in [1.29, 1.82) is 0 Å². The fourth-order valence-electron chi connectivity index (χ4n) is 3.02. The Morgan fingerprint density at radius 2 is 1.87 bits per heavy atom. The van der Waals surface area contributed by atoms with Crippen LogP contribution < -0.4 is 20.2 Å². The maximum absolute atomic E-state index is 12.4. The molecule has 1 aliphatic heterocycles. The number of hydrazone groups is 1. The maximum atomic E-state index is 12.4. The fourth-order valence-corrected chi connectivity index (χ4v) is 3.74. The predicted octanol–water partition coefficient (Wildman–Crippen LogP) is 4.66. The first kappa shape index (κ1) is 20.6. The third kappa shape index (κ3) is 4.73. The Labute approximate surface area is 183 Å². The van der Waals surface area contributed by atoms with E-state index in [1.54, 1.807) is 31.4 Å².